The lowest BCUT2D eigenvalue weighted by Gasteiger charge is -2.36. The normalized spacial score (nSPS) is 16.2. The summed E-state index contributed by atoms with van der Waals surface area (Å²) in [5, 5.41) is 3.32. The summed E-state index contributed by atoms with van der Waals surface area (Å²) < 4.78 is 46.6. The van der Waals surface area contributed by atoms with Gasteiger partial charge in [0.05, 0.1) is 7.11 Å². The molecule has 1 atom stereocenters. The zero-order valence-corrected chi connectivity index (χ0v) is 16.6. The SMILES string of the molecule is CCCC[C@@H](c1ccc(OC(F)(F)F)cc1OC)N1CCNCC1.Cl.Cl. The molecule has 0 unspecified atom stereocenters. The summed E-state index contributed by atoms with van der Waals surface area (Å²) in [6, 6.07) is 4.53. The summed E-state index contributed by atoms with van der Waals surface area (Å²) in [6.45, 7) is 5.80. The van der Waals surface area contributed by atoms with Gasteiger partial charge in [0.2, 0.25) is 0 Å². The van der Waals surface area contributed by atoms with E-state index in [0.29, 0.717) is 5.75 Å². The maximum Gasteiger partial charge on any atom is 0.573 e. The number of alkyl halides is 3. The molecule has 0 spiro atoms. The molecule has 1 N–H and O–H groups in total. The molecular formula is C17H27Cl2F3N2O2. The monoisotopic (exact) mass is 418 g/mol. The molecule has 1 aliphatic heterocycles. The fourth-order valence-corrected chi connectivity index (χ4v) is 3.09. The van der Waals surface area contributed by atoms with Gasteiger partial charge in [-0.05, 0) is 12.5 Å². The molecule has 26 heavy (non-hydrogen) atoms. The summed E-state index contributed by atoms with van der Waals surface area (Å²) >= 11 is 0. The number of hydrogen-bond acceptors (Lipinski definition) is 4. The van der Waals surface area contributed by atoms with Crippen molar-refractivity contribution >= 4 is 24.8 Å². The van der Waals surface area contributed by atoms with E-state index in [1.54, 1.807) is 6.07 Å². The van der Waals surface area contributed by atoms with Gasteiger partial charge in [0.25, 0.3) is 0 Å². The number of methoxy groups -OCH3 is 1. The first-order valence-corrected chi connectivity index (χ1v) is 8.33. The largest absolute Gasteiger partial charge is 0.573 e. The molecular weight excluding hydrogens is 392 g/mol. The Labute approximate surface area is 165 Å². The molecule has 1 heterocycles. The van der Waals surface area contributed by atoms with E-state index in [4.69, 9.17) is 4.74 Å². The maximum absolute atomic E-state index is 12.4. The Kier molecular flexibility index (Phi) is 11.3. The zero-order valence-electron chi connectivity index (χ0n) is 15.0. The molecule has 0 amide bonds. The number of halogens is 5. The number of unbranched alkanes of at least 4 members (excludes halogenated alkanes) is 1. The third-order valence-corrected chi connectivity index (χ3v) is 4.22. The fraction of sp³-hybridized carbons (Fsp3) is 0.647. The van der Waals surface area contributed by atoms with Gasteiger partial charge in [-0.2, -0.15) is 0 Å². The maximum atomic E-state index is 12.4. The molecule has 1 aromatic carbocycles. The molecule has 1 aromatic rings. The second-order valence-electron chi connectivity index (χ2n) is 5.90. The van der Waals surface area contributed by atoms with Crippen LogP contribution in [0.3, 0.4) is 0 Å². The first kappa shape index (κ1) is 25.1. The van der Waals surface area contributed by atoms with Crippen LogP contribution in [-0.2, 0) is 0 Å². The van der Waals surface area contributed by atoms with Crippen molar-refractivity contribution < 1.29 is 22.6 Å². The highest BCUT2D eigenvalue weighted by atomic mass is 35.5. The van der Waals surface area contributed by atoms with Gasteiger partial charge in [0, 0.05) is 43.9 Å². The van der Waals surface area contributed by atoms with Crippen LogP contribution in [0, 0.1) is 0 Å². The van der Waals surface area contributed by atoms with Crippen LogP contribution in [-0.4, -0.2) is 44.6 Å². The summed E-state index contributed by atoms with van der Waals surface area (Å²) in [5.41, 5.74) is 0.919. The molecule has 0 aliphatic carbocycles. The number of hydrogen-bond donors (Lipinski definition) is 1. The van der Waals surface area contributed by atoms with Gasteiger partial charge in [0.15, 0.2) is 0 Å². The Balaban J connectivity index is 0.00000312. The van der Waals surface area contributed by atoms with Gasteiger partial charge in [-0.3, -0.25) is 4.90 Å². The molecule has 0 radical (unpaired) electrons. The van der Waals surface area contributed by atoms with Crippen molar-refractivity contribution in [1.82, 2.24) is 10.2 Å². The van der Waals surface area contributed by atoms with Gasteiger partial charge < -0.3 is 14.8 Å². The minimum absolute atomic E-state index is 0. The predicted molar refractivity (Wildman–Crippen MR) is 101 cm³/mol. The first-order chi connectivity index (χ1) is 11.4. The Morgan fingerprint density at radius 2 is 1.85 bits per heavy atom. The van der Waals surface area contributed by atoms with Crippen molar-refractivity contribution in [2.24, 2.45) is 0 Å². The summed E-state index contributed by atoms with van der Waals surface area (Å²) in [4.78, 5) is 2.37. The van der Waals surface area contributed by atoms with Gasteiger partial charge >= 0.3 is 6.36 Å². The third-order valence-electron chi connectivity index (χ3n) is 4.22. The van der Waals surface area contributed by atoms with Crippen molar-refractivity contribution in [2.45, 2.75) is 38.6 Å². The summed E-state index contributed by atoms with van der Waals surface area (Å²) in [6.07, 6.45) is -1.63. The minimum atomic E-state index is -4.70. The van der Waals surface area contributed by atoms with Crippen molar-refractivity contribution in [1.29, 1.82) is 0 Å². The van der Waals surface area contributed by atoms with Crippen LogP contribution in [0.15, 0.2) is 18.2 Å². The van der Waals surface area contributed by atoms with Gasteiger partial charge in [0.1, 0.15) is 11.5 Å². The summed E-state index contributed by atoms with van der Waals surface area (Å²) in [5.74, 6) is 0.189. The molecule has 9 heteroatoms. The van der Waals surface area contributed by atoms with E-state index in [1.165, 1.54) is 19.2 Å². The van der Waals surface area contributed by atoms with Crippen LogP contribution in [0.2, 0.25) is 0 Å². The van der Waals surface area contributed by atoms with E-state index in [9.17, 15) is 13.2 Å². The topological polar surface area (TPSA) is 33.7 Å². The van der Waals surface area contributed by atoms with Crippen LogP contribution in [0.5, 0.6) is 11.5 Å². The molecule has 1 fully saturated rings. The highest BCUT2D eigenvalue weighted by Gasteiger charge is 2.32. The summed E-state index contributed by atoms with van der Waals surface area (Å²) in [7, 11) is 1.48. The standard InChI is InChI=1S/C17H25F3N2O2.2ClH/c1-3-4-5-15(22-10-8-21-9-11-22)14-7-6-13(12-16(14)23-2)24-17(18,19)20;;/h6-7,12,15,21H,3-5,8-11H2,1-2H3;2*1H/t15-;;/m0../s1. The molecule has 152 valence electrons. The lowest BCUT2D eigenvalue weighted by Crippen LogP contribution is -2.45. The van der Waals surface area contributed by atoms with E-state index in [2.05, 4.69) is 21.9 Å². The second-order valence-corrected chi connectivity index (χ2v) is 5.90. The molecule has 1 saturated heterocycles. The van der Waals surface area contributed by atoms with Crippen molar-refractivity contribution in [3.63, 3.8) is 0 Å². The molecule has 0 saturated carbocycles. The Morgan fingerprint density at radius 1 is 1.19 bits per heavy atom. The molecule has 0 aromatic heterocycles. The number of nitrogens with one attached hydrogen (secondary N) is 1. The predicted octanol–water partition coefficient (Wildman–Crippen LogP) is 4.57. The quantitative estimate of drug-likeness (QED) is 0.702. The van der Waals surface area contributed by atoms with Gasteiger partial charge in [-0.15, -0.1) is 38.0 Å². The van der Waals surface area contributed by atoms with Gasteiger partial charge in [-0.1, -0.05) is 25.8 Å². The second kappa shape index (κ2) is 11.7. The molecule has 1 aliphatic rings. The van der Waals surface area contributed by atoms with Crippen LogP contribution >= 0.6 is 24.8 Å². The Morgan fingerprint density at radius 3 is 2.38 bits per heavy atom. The number of rotatable bonds is 7. The van der Waals surface area contributed by atoms with Crippen LogP contribution < -0.4 is 14.8 Å². The molecule has 0 bridgehead atoms. The van der Waals surface area contributed by atoms with E-state index >= 15 is 0 Å². The Bertz CT molecular complexity index is 527. The highest BCUT2D eigenvalue weighted by Crippen LogP contribution is 2.37. The lowest BCUT2D eigenvalue weighted by molar-refractivity contribution is -0.274. The lowest BCUT2D eigenvalue weighted by atomic mass is 9.97. The number of benzene rings is 1. The van der Waals surface area contributed by atoms with Crippen molar-refractivity contribution in [2.75, 3.05) is 33.3 Å². The van der Waals surface area contributed by atoms with Crippen LogP contribution in [0.1, 0.15) is 37.8 Å². The Hall–Kier alpha value is -0.890. The minimum Gasteiger partial charge on any atom is -0.496 e. The highest BCUT2D eigenvalue weighted by molar-refractivity contribution is 5.85. The van der Waals surface area contributed by atoms with E-state index in [-0.39, 0.29) is 36.6 Å². The van der Waals surface area contributed by atoms with Crippen molar-refractivity contribution in [3.05, 3.63) is 23.8 Å². The van der Waals surface area contributed by atoms with E-state index in [0.717, 1.165) is 51.0 Å². The number of nitrogens with zero attached hydrogens (tertiary/aromatic N) is 1. The smallest absolute Gasteiger partial charge is 0.496 e. The van der Waals surface area contributed by atoms with Crippen LogP contribution in [0.25, 0.3) is 0 Å². The average Bonchev–Trinajstić information content (AvgIpc) is 2.55. The number of piperazine rings is 1. The van der Waals surface area contributed by atoms with Crippen LogP contribution in [0.4, 0.5) is 13.2 Å². The van der Waals surface area contributed by atoms with E-state index in [1.807, 2.05) is 0 Å². The molecule has 4 nitrogen and oxygen atoms in total. The van der Waals surface area contributed by atoms with Gasteiger partial charge in [-0.25, -0.2) is 0 Å². The average molecular weight is 419 g/mol. The third kappa shape index (κ3) is 7.39. The van der Waals surface area contributed by atoms with E-state index < -0.39 is 6.36 Å². The molecule has 2 rings (SSSR count). The zero-order chi connectivity index (χ0) is 17.6. The van der Waals surface area contributed by atoms with Crippen molar-refractivity contribution in [3.8, 4) is 11.5 Å². The number of ether oxygens (including phenoxy) is 2. The fourth-order valence-electron chi connectivity index (χ4n) is 3.09. The first-order valence-electron chi connectivity index (χ1n) is 8.33.